The van der Waals surface area contributed by atoms with Crippen molar-refractivity contribution in [2.45, 2.75) is 71.4 Å². The SMILES string of the molecule is CCNS(=O)(=O)CCNC(=O)[C@H]1CCCC[C@@]1(C)NC(=O)OC(C)(C)C. The van der Waals surface area contributed by atoms with Crippen LogP contribution in [0.4, 0.5) is 4.79 Å². The second-order valence-corrected chi connectivity index (χ2v) is 9.88. The van der Waals surface area contributed by atoms with Crippen molar-refractivity contribution in [1.29, 1.82) is 0 Å². The Morgan fingerprint density at radius 3 is 2.46 bits per heavy atom. The molecule has 2 amide bonds. The number of hydrogen-bond acceptors (Lipinski definition) is 5. The summed E-state index contributed by atoms with van der Waals surface area (Å²) in [7, 11) is -3.38. The number of carbonyl (C=O) groups excluding carboxylic acids is 2. The zero-order valence-corrected chi connectivity index (χ0v) is 17.3. The van der Waals surface area contributed by atoms with Crippen molar-refractivity contribution in [3.05, 3.63) is 0 Å². The molecule has 1 saturated carbocycles. The van der Waals surface area contributed by atoms with Crippen LogP contribution in [-0.4, -0.2) is 50.4 Å². The standard InChI is InChI=1S/C17H33N3O5S/c1-6-19-26(23,24)12-11-18-14(21)13-9-7-8-10-17(13,5)20-15(22)25-16(2,3)4/h13,19H,6-12H2,1-5H3,(H,18,21)(H,20,22)/t13-,17-/m1/s1. The van der Waals surface area contributed by atoms with E-state index < -0.39 is 33.2 Å². The van der Waals surface area contributed by atoms with E-state index in [4.69, 9.17) is 4.74 Å². The van der Waals surface area contributed by atoms with Crippen LogP contribution in [0.5, 0.6) is 0 Å². The molecule has 0 aliphatic heterocycles. The minimum atomic E-state index is -3.38. The van der Waals surface area contributed by atoms with Crippen molar-refractivity contribution < 1.29 is 22.7 Å². The topological polar surface area (TPSA) is 114 Å². The van der Waals surface area contributed by atoms with E-state index >= 15 is 0 Å². The highest BCUT2D eigenvalue weighted by Gasteiger charge is 2.42. The maximum absolute atomic E-state index is 12.6. The molecule has 1 aliphatic rings. The van der Waals surface area contributed by atoms with Crippen molar-refractivity contribution >= 4 is 22.0 Å². The molecule has 0 aromatic heterocycles. The number of sulfonamides is 1. The Kier molecular flexibility index (Phi) is 7.88. The summed E-state index contributed by atoms with van der Waals surface area (Å²) >= 11 is 0. The fourth-order valence-electron chi connectivity index (χ4n) is 3.16. The lowest BCUT2D eigenvalue weighted by molar-refractivity contribution is -0.128. The van der Waals surface area contributed by atoms with Gasteiger partial charge in [0.25, 0.3) is 0 Å². The molecule has 8 nitrogen and oxygen atoms in total. The van der Waals surface area contributed by atoms with Gasteiger partial charge in [-0.05, 0) is 40.5 Å². The first-order valence-electron chi connectivity index (χ1n) is 9.15. The van der Waals surface area contributed by atoms with Crippen LogP contribution in [0.25, 0.3) is 0 Å². The average molecular weight is 392 g/mol. The van der Waals surface area contributed by atoms with E-state index in [0.717, 1.165) is 12.8 Å². The van der Waals surface area contributed by atoms with E-state index in [1.807, 2.05) is 6.92 Å². The molecule has 1 aliphatic carbocycles. The molecule has 0 saturated heterocycles. The summed E-state index contributed by atoms with van der Waals surface area (Å²) in [5, 5.41) is 5.55. The number of rotatable bonds is 7. The van der Waals surface area contributed by atoms with E-state index in [1.165, 1.54) is 0 Å². The fourth-order valence-corrected chi connectivity index (χ4v) is 4.12. The molecule has 1 rings (SSSR count). The Morgan fingerprint density at radius 1 is 1.23 bits per heavy atom. The van der Waals surface area contributed by atoms with Crippen LogP contribution >= 0.6 is 0 Å². The molecule has 1 fully saturated rings. The van der Waals surface area contributed by atoms with Crippen molar-refractivity contribution in [1.82, 2.24) is 15.4 Å². The summed E-state index contributed by atoms with van der Waals surface area (Å²) in [6.07, 6.45) is 2.55. The third-order valence-electron chi connectivity index (χ3n) is 4.35. The first-order chi connectivity index (χ1) is 11.9. The molecule has 0 bridgehead atoms. The van der Waals surface area contributed by atoms with Crippen LogP contribution < -0.4 is 15.4 Å². The van der Waals surface area contributed by atoms with Crippen LogP contribution in [0.1, 0.15) is 60.3 Å². The quantitative estimate of drug-likeness (QED) is 0.609. The van der Waals surface area contributed by atoms with E-state index in [1.54, 1.807) is 27.7 Å². The van der Waals surface area contributed by atoms with Crippen molar-refractivity contribution in [3.63, 3.8) is 0 Å². The van der Waals surface area contributed by atoms with Crippen molar-refractivity contribution in [2.75, 3.05) is 18.8 Å². The monoisotopic (exact) mass is 391 g/mol. The molecule has 0 aromatic rings. The second kappa shape index (κ2) is 9.03. The zero-order valence-electron chi connectivity index (χ0n) is 16.5. The Balaban J connectivity index is 2.68. The number of amides is 2. The third kappa shape index (κ3) is 7.49. The Morgan fingerprint density at radius 2 is 1.88 bits per heavy atom. The normalized spacial score (nSPS) is 24.0. The molecule has 0 spiro atoms. The zero-order chi connectivity index (χ0) is 20.0. The Labute approximate surface area is 156 Å². The summed E-state index contributed by atoms with van der Waals surface area (Å²) in [6.45, 7) is 9.24. The highest BCUT2D eigenvalue weighted by atomic mass is 32.2. The van der Waals surface area contributed by atoms with Gasteiger partial charge in [0, 0.05) is 13.1 Å². The first kappa shape index (κ1) is 22.7. The van der Waals surface area contributed by atoms with Gasteiger partial charge in [0.05, 0.1) is 17.2 Å². The van der Waals surface area contributed by atoms with Gasteiger partial charge in [-0.1, -0.05) is 19.8 Å². The van der Waals surface area contributed by atoms with E-state index in [-0.39, 0.29) is 18.2 Å². The molecule has 9 heteroatoms. The Bertz CT molecular complexity index is 600. The smallest absolute Gasteiger partial charge is 0.408 e. The van der Waals surface area contributed by atoms with Gasteiger partial charge in [0.2, 0.25) is 15.9 Å². The maximum atomic E-state index is 12.6. The summed E-state index contributed by atoms with van der Waals surface area (Å²) < 4.78 is 31.0. The van der Waals surface area contributed by atoms with Crippen molar-refractivity contribution in [3.8, 4) is 0 Å². The predicted molar refractivity (Wildman–Crippen MR) is 100 cm³/mol. The molecule has 3 N–H and O–H groups in total. The molecule has 0 unspecified atom stereocenters. The lowest BCUT2D eigenvalue weighted by Crippen LogP contribution is -2.58. The fraction of sp³-hybridized carbons (Fsp3) is 0.882. The molecule has 2 atom stereocenters. The lowest BCUT2D eigenvalue weighted by atomic mass is 9.73. The summed E-state index contributed by atoms with van der Waals surface area (Å²) in [5.74, 6) is -0.837. The molecule has 152 valence electrons. The summed E-state index contributed by atoms with van der Waals surface area (Å²) in [5.41, 5.74) is -1.33. The highest BCUT2D eigenvalue weighted by molar-refractivity contribution is 7.89. The number of hydrogen-bond donors (Lipinski definition) is 3. The van der Waals surface area contributed by atoms with Crippen molar-refractivity contribution in [2.24, 2.45) is 5.92 Å². The maximum Gasteiger partial charge on any atom is 0.408 e. The van der Waals surface area contributed by atoms with Gasteiger partial charge in [0.15, 0.2) is 0 Å². The summed E-state index contributed by atoms with van der Waals surface area (Å²) in [6, 6.07) is 0. The van der Waals surface area contributed by atoms with Crippen LogP contribution in [0, 0.1) is 5.92 Å². The number of carbonyl (C=O) groups is 2. The third-order valence-corrected chi connectivity index (χ3v) is 5.82. The van der Waals surface area contributed by atoms with Crippen LogP contribution in [0.15, 0.2) is 0 Å². The first-order valence-corrected chi connectivity index (χ1v) is 10.8. The molecule has 26 heavy (non-hydrogen) atoms. The van der Waals surface area contributed by atoms with Gasteiger partial charge < -0.3 is 15.4 Å². The molecular weight excluding hydrogens is 358 g/mol. The molecule has 0 heterocycles. The molecule has 0 aromatic carbocycles. The molecule has 0 radical (unpaired) electrons. The number of ether oxygens (including phenoxy) is 1. The van der Waals surface area contributed by atoms with Gasteiger partial charge >= 0.3 is 6.09 Å². The van der Waals surface area contributed by atoms with Crippen LogP contribution in [0.2, 0.25) is 0 Å². The van der Waals surface area contributed by atoms with Gasteiger partial charge in [-0.15, -0.1) is 0 Å². The summed E-state index contributed by atoms with van der Waals surface area (Å²) in [4.78, 5) is 24.8. The van der Waals surface area contributed by atoms with Gasteiger partial charge in [0.1, 0.15) is 5.60 Å². The average Bonchev–Trinajstić information content (AvgIpc) is 2.44. The minimum Gasteiger partial charge on any atom is -0.444 e. The van der Waals surface area contributed by atoms with E-state index in [0.29, 0.717) is 19.4 Å². The van der Waals surface area contributed by atoms with Crippen LogP contribution in [0.3, 0.4) is 0 Å². The number of alkyl carbamates (subject to hydrolysis) is 1. The Hall–Kier alpha value is -1.35. The lowest BCUT2D eigenvalue weighted by Gasteiger charge is -2.41. The van der Waals surface area contributed by atoms with Crippen LogP contribution in [-0.2, 0) is 19.6 Å². The number of nitrogens with one attached hydrogen (secondary N) is 3. The highest BCUT2D eigenvalue weighted by Crippen LogP contribution is 2.34. The van der Waals surface area contributed by atoms with Gasteiger partial charge in [-0.2, -0.15) is 0 Å². The van der Waals surface area contributed by atoms with E-state index in [9.17, 15) is 18.0 Å². The predicted octanol–water partition coefficient (Wildman–Crippen LogP) is 1.52. The minimum absolute atomic E-state index is 0.0349. The second-order valence-electron chi connectivity index (χ2n) is 7.95. The van der Waals surface area contributed by atoms with Gasteiger partial charge in [-0.25, -0.2) is 17.9 Å². The molecular formula is C17H33N3O5S. The largest absolute Gasteiger partial charge is 0.444 e. The van der Waals surface area contributed by atoms with Gasteiger partial charge in [-0.3, -0.25) is 4.79 Å². The van der Waals surface area contributed by atoms with E-state index in [2.05, 4.69) is 15.4 Å².